The summed E-state index contributed by atoms with van der Waals surface area (Å²) >= 11 is 5.29. The van der Waals surface area contributed by atoms with Gasteiger partial charge in [0.1, 0.15) is 5.82 Å². The normalized spacial score (nSPS) is 12.8. The summed E-state index contributed by atoms with van der Waals surface area (Å²) in [5, 5.41) is 6.65. The van der Waals surface area contributed by atoms with Gasteiger partial charge in [-0.3, -0.25) is 0 Å². The molecule has 0 bridgehead atoms. The molecule has 3 rings (SSSR count). The van der Waals surface area contributed by atoms with Crippen molar-refractivity contribution in [3.05, 3.63) is 68.8 Å². The van der Waals surface area contributed by atoms with E-state index >= 15 is 0 Å². The molecule has 4 heteroatoms. The van der Waals surface area contributed by atoms with Crippen LogP contribution in [0.5, 0.6) is 0 Å². The lowest BCUT2D eigenvalue weighted by Crippen LogP contribution is -2.17. The lowest BCUT2D eigenvalue weighted by molar-refractivity contribution is 0.609. The highest BCUT2D eigenvalue weighted by Gasteiger charge is 2.18. The Labute approximate surface area is 135 Å². The standard InChI is InChI=1S/C17H15BrFNS/c1-10-6-7-11(8-15(10)19)16(20-2)13-9-21-17-12(13)4-3-5-14(17)18/h3-9,16,20H,1-2H3. The molecule has 0 aliphatic heterocycles. The number of benzene rings is 2. The van der Waals surface area contributed by atoms with Crippen molar-refractivity contribution in [2.75, 3.05) is 7.05 Å². The number of fused-ring (bicyclic) bond motifs is 1. The zero-order valence-electron chi connectivity index (χ0n) is 11.8. The number of thiophene rings is 1. The molecular weight excluding hydrogens is 349 g/mol. The van der Waals surface area contributed by atoms with E-state index in [1.807, 2.05) is 31.3 Å². The van der Waals surface area contributed by atoms with Gasteiger partial charge in [-0.15, -0.1) is 11.3 Å². The van der Waals surface area contributed by atoms with Gasteiger partial charge in [0, 0.05) is 9.17 Å². The topological polar surface area (TPSA) is 12.0 Å². The first-order valence-corrected chi connectivity index (χ1v) is 8.38. The Balaban J connectivity index is 2.14. The summed E-state index contributed by atoms with van der Waals surface area (Å²) in [4.78, 5) is 0. The third-order valence-electron chi connectivity index (χ3n) is 3.71. The van der Waals surface area contributed by atoms with Crippen LogP contribution in [0.1, 0.15) is 22.7 Å². The quantitative estimate of drug-likeness (QED) is 0.654. The molecule has 0 amide bonds. The molecular formula is C17H15BrFNS. The number of rotatable bonds is 3. The number of hydrogen-bond acceptors (Lipinski definition) is 2. The van der Waals surface area contributed by atoms with Gasteiger partial charge in [-0.05, 0) is 69.5 Å². The molecule has 1 nitrogen and oxygen atoms in total. The van der Waals surface area contributed by atoms with Gasteiger partial charge in [0.05, 0.1) is 6.04 Å². The fourth-order valence-electron chi connectivity index (χ4n) is 2.56. The van der Waals surface area contributed by atoms with E-state index in [0.29, 0.717) is 5.56 Å². The van der Waals surface area contributed by atoms with E-state index in [4.69, 9.17) is 0 Å². The second-order valence-electron chi connectivity index (χ2n) is 5.04. The number of halogens is 2. The summed E-state index contributed by atoms with van der Waals surface area (Å²) in [6.07, 6.45) is 0. The summed E-state index contributed by atoms with van der Waals surface area (Å²) in [5.74, 6) is -0.159. The first-order chi connectivity index (χ1) is 10.1. The summed E-state index contributed by atoms with van der Waals surface area (Å²) < 4.78 is 16.2. The fourth-order valence-corrected chi connectivity index (χ4v) is 4.20. The molecule has 0 saturated carbocycles. The van der Waals surface area contributed by atoms with Crippen molar-refractivity contribution in [1.29, 1.82) is 0 Å². The minimum Gasteiger partial charge on any atom is -0.309 e. The van der Waals surface area contributed by atoms with Crippen molar-refractivity contribution in [2.45, 2.75) is 13.0 Å². The molecule has 21 heavy (non-hydrogen) atoms. The van der Waals surface area contributed by atoms with Gasteiger partial charge in [-0.1, -0.05) is 24.3 Å². The SMILES string of the molecule is CNC(c1ccc(C)c(F)c1)c1csc2c(Br)cccc12. The Hall–Kier alpha value is -1.23. The summed E-state index contributed by atoms with van der Waals surface area (Å²) in [6.45, 7) is 1.78. The maximum absolute atomic E-state index is 13.9. The lowest BCUT2D eigenvalue weighted by Gasteiger charge is -2.17. The van der Waals surface area contributed by atoms with E-state index in [-0.39, 0.29) is 11.9 Å². The molecule has 1 aromatic heterocycles. The minimum absolute atomic E-state index is 0.0110. The van der Waals surface area contributed by atoms with Crippen molar-refractivity contribution in [1.82, 2.24) is 5.32 Å². The van der Waals surface area contributed by atoms with E-state index < -0.39 is 0 Å². The molecule has 1 unspecified atom stereocenters. The van der Waals surface area contributed by atoms with Gasteiger partial charge in [0.25, 0.3) is 0 Å². The maximum atomic E-state index is 13.9. The molecule has 0 spiro atoms. The molecule has 1 heterocycles. The van der Waals surface area contributed by atoms with Crippen LogP contribution in [0.3, 0.4) is 0 Å². The largest absolute Gasteiger partial charge is 0.309 e. The second kappa shape index (κ2) is 5.87. The molecule has 1 atom stereocenters. The third kappa shape index (κ3) is 2.63. The van der Waals surface area contributed by atoms with Crippen molar-refractivity contribution in [3.8, 4) is 0 Å². The number of nitrogens with one attached hydrogen (secondary N) is 1. The Morgan fingerprint density at radius 2 is 2.05 bits per heavy atom. The highest BCUT2D eigenvalue weighted by atomic mass is 79.9. The van der Waals surface area contributed by atoms with E-state index in [1.165, 1.54) is 15.6 Å². The Morgan fingerprint density at radius 3 is 2.76 bits per heavy atom. The number of hydrogen-bond donors (Lipinski definition) is 1. The number of aryl methyl sites for hydroxylation is 1. The highest BCUT2D eigenvalue weighted by Crippen LogP contribution is 2.37. The van der Waals surface area contributed by atoms with E-state index in [1.54, 1.807) is 24.3 Å². The summed E-state index contributed by atoms with van der Waals surface area (Å²) in [6, 6.07) is 11.6. The van der Waals surface area contributed by atoms with E-state index in [0.717, 1.165) is 10.0 Å². The van der Waals surface area contributed by atoms with Crippen LogP contribution in [0.15, 0.2) is 46.3 Å². The van der Waals surface area contributed by atoms with Gasteiger partial charge < -0.3 is 5.32 Å². The van der Waals surface area contributed by atoms with Crippen LogP contribution < -0.4 is 5.32 Å². The van der Waals surface area contributed by atoms with Crippen molar-refractivity contribution >= 4 is 37.4 Å². The summed E-state index contributed by atoms with van der Waals surface area (Å²) in [7, 11) is 1.91. The Bertz CT molecular complexity index is 797. The highest BCUT2D eigenvalue weighted by molar-refractivity contribution is 9.10. The molecule has 1 N–H and O–H groups in total. The third-order valence-corrected chi connectivity index (χ3v) is 5.68. The monoisotopic (exact) mass is 363 g/mol. The fraction of sp³-hybridized carbons (Fsp3) is 0.176. The predicted octanol–water partition coefficient (Wildman–Crippen LogP) is 5.42. The van der Waals surface area contributed by atoms with E-state index in [9.17, 15) is 4.39 Å². The molecule has 0 saturated heterocycles. The molecule has 0 aliphatic rings. The minimum atomic E-state index is -0.159. The molecule has 108 valence electrons. The molecule has 0 radical (unpaired) electrons. The lowest BCUT2D eigenvalue weighted by atomic mass is 9.97. The van der Waals surface area contributed by atoms with Gasteiger partial charge in [0.15, 0.2) is 0 Å². The zero-order valence-corrected chi connectivity index (χ0v) is 14.2. The first kappa shape index (κ1) is 14.7. The second-order valence-corrected chi connectivity index (χ2v) is 6.77. The molecule has 3 aromatic rings. The molecule has 0 aliphatic carbocycles. The average molecular weight is 364 g/mol. The van der Waals surface area contributed by atoms with Crippen LogP contribution in [0.2, 0.25) is 0 Å². The van der Waals surface area contributed by atoms with E-state index in [2.05, 4.69) is 32.7 Å². The average Bonchev–Trinajstić information content (AvgIpc) is 2.89. The van der Waals surface area contributed by atoms with Gasteiger partial charge in [-0.2, -0.15) is 0 Å². The van der Waals surface area contributed by atoms with Gasteiger partial charge in [0.2, 0.25) is 0 Å². The summed E-state index contributed by atoms with van der Waals surface area (Å²) in [5.41, 5.74) is 2.80. The van der Waals surface area contributed by atoms with Crippen LogP contribution in [-0.2, 0) is 0 Å². The smallest absolute Gasteiger partial charge is 0.126 e. The zero-order chi connectivity index (χ0) is 15.0. The van der Waals surface area contributed by atoms with Crippen LogP contribution >= 0.6 is 27.3 Å². The maximum Gasteiger partial charge on any atom is 0.126 e. The molecule has 0 fully saturated rings. The predicted molar refractivity (Wildman–Crippen MR) is 91.6 cm³/mol. The van der Waals surface area contributed by atoms with Gasteiger partial charge >= 0.3 is 0 Å². The van der Waals surface area contributed by atoms with Crippen LogP contribution in [-0.4, -0.2) is 7.05 Å². The first-order valence-electron chi connectivity index (χ1n) is 6.70. The Kier molecular flexibility index (Phi) is 4.11. The Morgan fingerprint density at radius 1 is 1.24 bits per heavy atom. The van der Waals surface area contributed by atoms with Gasteiger partial charge in [-0.25, -0.2) is 4.39 Å². The van der Waals surface area contributed by atoms with Crippen LogP contribution in [0, 0.1) is 12.7 Å². The van der Waals surface area contributed by atoms with Crippen LogP contribution in [0.4, 0.5) is 4.39 Å². The molecule has 2 aromatic carbocycles. The van der Waals surface area contributed by atoms with Crippen molar-refractivity contribution in [3.63, 3.8) is 0 Å². The van der Waals surface area contributed by atoms with Crippen LogP contribution in [0.25, 0.3) is 10.1 Å². The van der Waals surface area contributed by atoms with Crippen molar-refractivity contribution in [2.24, 2.45) is 0 Å². The van der Waals surface area contributed by atoms with Crippen molar-refractivity contribution < 1.29 is 4.39 Å².